The summed E-state index contributed by atoms with van der Waals surface area (Å²) in [6.07, 6.45) is 11.4. The van der Waals surface area contributed by atoms with Crippen molar-refractivity contribution < 1.29 is 9.59 Å². The van der Waals surface area contributed by atoms with Crippen molar-refractivity contribution in [1.29, 1.82) is 0 Å². The van der Waals surface area contributed by atoms with E-state index in [0.29, 0.717) is 17.6 Å². The molecule has 0 aliphatic heterocycles. The molecule has 2 saturated carbocycles. The first-order chi connectivity index (χ1) is 11.2. The summed E-state index contributed by atoms with van der Waals surface area (Å²) in [4.78, 5) is 23.8. The maximum atomic E-state index is 11.9. The van der Waals surface area contributed by atoms with Gasteiger partial charge < -0.3 is 10.6 Å². The molecule has 2 N–H and O–H groups in total. The quantitative estimate of drug-likeness (QED) is 0.821. The summed E-state index contributed by atoms with van der Waals surface area (Å²) in [5.41, 5.74) is 1.59. The van der Waals surface area contributed by atoms with Gasteiger partial charge in [0.15, 0.2) is 0 Å². The van der Waals surface area contributed by atoms with E-state index in [2.05, 4.69) is 10.6 Å². The molecule has 0 atom stereocenters. The largest absolute Gasteiger partial charge is 0.350 e. The molecule has 2 aliphatic rings. The smallest absolute Gasteiger partial charge is 0.251 e. The average molecular weight is 312 g/mol. The van der Waals surface area contributed by atoms with E-state index in [9.17, 15) is 9.59 Å². The molecule has 2 amide bonds. The van der Waals surface area contributed by atoms with Gasteiger partial charge in [-0.3, -0.25) is 9.59 Å². The van der Waals surface area contributed by atoms with Crippen LogP contribution in [0.4, 0.5) is 0 Å². The third kappa shape index (κ3) is 4.95. The number of hydrogen-bond donors (Lipinski definition) is 2. The van der Waals surface area contributed by atoms with Gasteiger partial charge >= 0.3 is 0 Å². The van der Waals surface area contributed by atoms with Gasteiger partial charge in [0, 0.05) is 23.7 Å². The summed E-state index contributed by atoms with van der Waals surface area (Å²) in [5, 5.41) is 6.02. The van der Waals surface area contributed by atoms with Gasteiger partial charge in [-0.2, -0.15) is 0 Å². The average Bonchev–Trinajstić information content (AvgIpc) is 3.38. The molecule has 4 heteroatoms. The standard InChI is InChI=1S/C19H24N2O2/c22-18(20-16-4-2-1-3-5-16)13-8-14-6-9-15(10-7-14)19(23)21-17-11-12-17/h6-10,13,16-17H,1-5,11-12H2,(H,20,22)(H,21,23)/b13-8+. The van der Waals surface area contributed by atoms with E-state index in [4.69, 9.17) is 0 Å². The Labute approximate surface area is 137 Å². The molecule has 3 rings (SSSR count). The second-order valence-corrected chi connectivity index (χ2v) is 6.55. The lowest BCUT2D eigenvalue weighted by atomic mass is 9.95. The zero-order valence-corrected chi connectivity index (χ0v) is 13.4. The highest BCUT2D eigenvalue weighted by atomic mass is 16.2. The summed E-state index contributed by atoms with van der Waals surface area (Å²) >= 11 is 0. The van der Waals surface area contributed by atoms with E-state index in [1.807, 2.05) is 12.1 Å². The Balaban J connectivity index is 1.50. The highest BCUT2D eigenvalue weighted by Gasteiger charge is 2.23. The number of nitrogens with one attached hydrogen (secondary N) is 2. The molecule has 2 aliphatic carbocycles. The van der Waals surface area contributed by atoms with Gasteiger partial charge in [-0.05, 0) is 49.5 Å². The van der Waals surface area contributed by atoms with E-state index in [0.717, 1.165) is 31.2 Å². The third-order valence-corrected chi connectivity index (χ3v) is 4.46. The van der Waals surface area contributed by atoms with Crippen LogP contribution in [0.3, 0.4) is 0 Å². The Kier molecular flexibility index (Phi) is 5.11. The van der Waals surface area contributed by atoms with Crippen molar-refractivity contribution in [3.63, 3.8) is 0 Å². The van der Waals surface area contributed by atoms with Crippen LogP contribution in [0.2, 0.25) is 0 Å². The van der Waals surface area contributed by atoms with Gasteiger partial charge in [-0.25, -0.2) is 0 Å². The van der Waals surface area contributed by atoms with Crippen molar-refractivity contribution >= 4 is 17.9 Å². The zero-order valence-electron chi connectivity index (χ0n) is 13.4. The van der Waals surface area contributed by atoms with Crippen LogP contribution in [-0.2, 0) is 4.79 Å². The molecule has 122 valence electrons. The highest BCUT2D eigenvalue weighted by Crippen LogP contribution is 2.19. The van der Waals surface area contributed by atoms with Crippen LogP contribution in [0.15, 0.2) is 30.3 Å². The number of amides is 2. The van der Waals surface area contributed by atoms with E-state index in [1.165, 1.54) is 19.3 Å². The number of benzene rings is 1. The van der Waals surface area contributed by atoms with E-state index in [1.54, 1.807) is 24.3 Å². The summed E-state index contributed by atoms with van der Waals surface area (Å²) in [6, 6.07) is 8.03. The van der Waals surface area contributed by atoms with E-state index < -0.39 is 0 Å². The predicted molar refractivity (Wildman–Crippen MR) is 91.0 cm³/mol. The van der Waals surface area contributed by atoms with Crippen molar-refractivity contribution in [3.8, 4) is 0 Å². The van der Waals surface area contributed by atoms with Crippen molar-refractivity contribution in [2.45, 2.75) is 57.0 Å². The molecule has 2 fully saturated rings. The van der Waals surface area contributed by atoms with Gasteiger partial charge in [0.1, 0.15) is 0 Å². The van der Waals surface area contributed by atoms with Crippen LogP contribution < -0.4 is 10.6 Å². The predicted octanol–water partition coefficient (Wildman–Crippen LogP) is 3.04. The molecular weight excluding hydrogens is 288 g/mol. The molecule has 0 bridgehead atoms. The molecule has 0 heterocycles. The first kappa shape index (κ1) is 15.8. The molecule has 1 aromatic carbocycles. The van der Waals surface area contributed by atoms with Crippen molar-refractivity contribution in [2.75, 3.05) is 0 Å². The first-order valence-corrected chi connectivity index (χ1v) is 8.60. The Bertz CT molecular complexity index is 582. The van der Waals surface area contributed by atoms with Gasteiger partial charge in [0.2, 0.25) is 5.91 Å². The molecule has 0 unspecified atom stereocenters. The molecule has 4 nitrogen and oxygen atoms in total. The fourth-order valence-electron chi connectivity index (χ4n) is 2.91. The van der Waals surface area contributed by atoms with Crippen LogP contribution in [0, 0.1) is 0 Å². The highest BCUT2D eigenvalue weighted by molar-refractivity contribution is 5.95. The summed E-state index contributed by atoms with van der Waals surface area (Å²) < 4.78 is 0. The van der Waals surface area contributed by atoms with Crippen LogP contribution in [-0.4, -0.2) is 23.9 Å². The first-order valence-electron chi connectivity index (χ1n) is 8.60. The van der Waals surface area contributed by atoms with Crippen LogP contribution >= 0.6 is 0 Å². The zero-order chi connectivity index (χ0) is 16.1. The lowest BCUT2D eigenvalue weighted by molar-refractivity contribution is -0.117. The molecule has 0 spiro atoms. The van der Waals surface area contributed by atoms with Gasteiger partial charge in [-0.1, -0.05) is 31.4 Å². The minimum atomic E-state index is -0.0348. The lowest BCUT2D eigenvalue weighted by Crippen LogP contribution is -2.34. The minimum Gasteiger partial charge on any atom is -0.350 e. The van der Waals surface area contributed by atoms with Crippen LogP contribution in [0.1, 0.15) is 60.9 Å². The Morgan fingerprint density at radius 2 is 1.52 bits per heavy atom. The molecular formula is C19H24N2O2. The van der Waals surface area contributed by atoms with Crippen LogP contribution in [0.25, 0.3) is 6.08 Å². The van der Waals surface area contributed by atoms with Crippen molar-refractivity contribution in [3.05, 3.63) is 41.5 Å². The maximum Gasteiger partial charge on any atom is 0.251 e. The van der Waals surface area contributed by atoms with Gasteiger partial charge in [0.25, 0.3) is 5.91 Å². The monoisotopic (exact) mass is 312 g/mol. The molecule has 0 saturated heterocycles. The summed E-state index contributed by atoms with van der Waals surface area (Å²) in [5.74, 6) is -0.0504. The molecule has 1 aromatic rings. The second kappa shape index (κ2) is 7.44. The third-order valence-electron chi connectivity index (χ3n) is 4.46. The normalized spacial score (nSPS) is 18.8. The number of carbonyl (C=O) groups is 2. The summed E-state index contributed by atoms with van der Waals surface area (Å²) in [7, 11) is 0. The number of rotatable bonds is 5. The summed E-state index contributed by atoms with van der Waals surface area (Å²) in [6.45, 7) is 0. The van der Waals surface area contributed by atoms with E-state index >= 15 is 0 Å². The van der Waals surface area contributed by atoms with Gasteiger partial charge in [0.05, 0.1) is 0 Å². The van der Waals surface area contributed by atoms with Gasteiger partial charge in [-0.15, -0.1) is 0 Å². The SMILES string of the molecule is O=C(/C=C/c1ccc(C(=O)NC2CC2)cc1)NC1CCCCC1. The Hall–Kier alpha value is -2.10. The minimum absolute atomic E-state index is 0.0157. The topological polar surface area (TPSA) is 58.2 Å². The molecule has 0 aromatic heterocycles. The Morgan fingerprint density at radius 1 is 0.870 bits per heavy atom. The molecule has 23 heavy (non-hydrogen) atoms. The van der Waals surface area contributed by atoms with E-state index in [-0.39, 0.29) is 11.8 Å². The Morgan fingerprint density at radius 3 is 2.17 bits per heavy atom. The fourth-order valence-corrected chi connectivity index (χ4v) is 2.91. The number of hydrogen-bond acceptors (Lipinski definition) is 2. The fraction of sp³-hybridized carbons (Fsp3) is 0.474. The van der Waals surface area contributed by atoms with Crippen molar-refractivity contribution in [2.24, 2.45) is 0 Å². The number of carbonyl (C=O) groups excluding carboxylic acids is 2. The second-order valence-electron chi connectivity index (χ2n) is 6.55. The maximum absolute atomic E-state index is 11.9. The van der Waals surface area contributed by atoms with Crippen molar-refractivity contribution in [1.82, 2.24) is 10.6 Å². The van der Waals surface area contributed by atoms with Crippen LogP contribution in [0.5, 0.6) is 0 Å². The lowest BCUT2D eigenvalue weighted by Gasteiger charge is -2.21. The molecule has 0 radical (unpaired) electrons.